The Morgan fingerprint density at radius 2 is 2.05 bits per heavy atom. The Kier molecular flexibility index (Phi) is 5.32. The first kappa shape index (κ1) is 16.4. The zero-order chi connectivity index (χ0) is 14.8. The highest BCUT2D eigenvalue weighted by Crippen LogP contribution is 2.26. The Balaban J connectivity index is 3.34. The molecule has 1 rings (SSSR count). The maximum absolute atomic E-state index is 13.6. The quantitative estimate of drug-likeness (QED) is 0.908. The number of halogens is 2. The van der Waals surface area contributed by atoms with E-state index in [4.69, 9.17) is 16.7 Å². The lowest BCUT2D eigenvalue weighted by atomic mass is 10.2. The van der Waals surface area contributed by atoms with Gasteiger partial charge in [0, 0.05) is 18.7 Å². The largest absolute Gasteiger partial charge is 0.392 e. The van der Waals surface area contributed by atoms with Gasteiger partial charge in [-0.3, -0.25) is 0 Å². The predicted molar refractivity (Wildman–Crippen MR) is 72.0 cm³/mol. The van der Waals surface area contributed by atoms with E-state index < -0.39 is 22.4 Å². The van der Waals surface area contributed by atoms with Gasteiger partial charge in [-0.05, 0) is 25.5 Å². The van der Waals surface area contributed by atoms with Crippen LogP contribution in [0.4, 0.5) is 4.39 Å². The molecule has 0 heterocycles. The zero-order valence-corrected chi connectivity index (χ0v) is 12.6. The topological polar surface area (TPSA) is 57.6 Å². The normalized spacial score (nSPS) is 13.8. The molecule has 0 aromatic heterocycles. The van der Waals surface area contributed by atoms with Crippen LogP contribution in [0.3, 0.4) is 0 Å². The summed E-state index contributed by atoms with van der Waals surface area (Å²) in [7, 11) is -2.36. The van der Waals surface area contributed by atoms with E-state index in [1.54, 1.807) is 6.92 Å². The molecule has 19 heavy (non-hydrogen) atoms. The van der Waals surface area contributed by atoms with E-state index in [9.17, 15) is 12.8 Å². The van der Waals surface area contributed by atoms with Gasteiger partial charge in [0.05, 0.1) is 16.5 Å². The molecule has 1 N–H and O–H groups in total. The van der Waals surface area contributed by atoms with Gasteiger partial charge < -0.3 is 5.11 Å². The lowest BCUT2D eigenvalue weighted by Gasteiger charge is -2.23. The van der Waals surface area contributed by atoms with Crippen molar-refractivity contribution in [2.24, 2.45) is 0 Å². The molecule has 7 heteroatoms. The van der Waals surface area contributed by atoms with Crippen molar-refractivity contribution in [2.45, 2.75) is 37.8 Å². The molecule has 4 nitrogen and oxygen atoms in total. The molecule has 0 aliphatic rings. The molecule has 0 aliphatic carbocycles. The van der Waals surface area contributed by atoms with Crippen molar-refractivity contribution in [3.05, 3.63) is 28.5 Å². The number of sulfonamides is 1. The molecule has 0 amide bonds. The van der Waals surface area contributed by atoms with E-state index in [2.05, 4.69) is 0 Å². The molecule has 1 aromatic rings. The third-order valence-corrected chi connectivity index (χ3v) is 5.51. The second-order valence-corrected chi connectivity index (χ2v) is 6.69. The molecule has 108 valence electrons. The summed E-state index contributed by atoms with van der Waals surface area (Å²) in [5, 5.41) is 8.81. The number of hydrogen-bond donors (Lipinski definition) is 1. The van der Waals surface area contributed by atoms with Crippen molar-refractivity contribution in [2.75, 3.05) is 7.05 Å². The molecule has 0 spiro atoms. The van der Waals surface area contributed by atoms with Crippen LogP contribution in [0.5, 0.6) is 0 Å². The van der Waals surface area contributed by atoms with Gasteiger partial charge in [-0.25, -0.2) is 12.8 Å². The summed E-state index contributed by atoms with van der Waals surface area (Å²) in [6, 6.07) is 1.86. The monoisotopic (exact) mass is 309 g/mol. The first-order chi connectivity index (χ1) is 8.75. The van der Waals surface area contributed by atoms with Crippen LogP contribution in [0.2, 0.25) is 5.02 Å². The van der Waals surface area contributed by atoms with Gasteiger partial charge in [-0.15, -0.1) is 0 Å². The second kappa shape index (κ2) is 6.17. The molecular weight excluding hydrogens is 293 g/mol. The maximum Gasteiger partial charge on any atom is 0.243 e. The van der Waals surface area contributed by atoms with Crippen LogP contribution in [-0.2, 0) is 16.6 Å². The first-order valence-corrected chi connectivity index (χ1v) is 7.64. The number of aliphatic hydroxyl groups is 1. The van der Waals surface area contributed by atoms with Crippen LogP contribution in [0.25, 0.3) is 0 Å². The third-order valence-electron chi connectivity index (χ3n) is 3.14. The summed E-state index contributed by atoms with van der Waals surface area (Å²) >= 11 is 5.64. The SMILES string of the molecule is CCC(C)N(C)S(=O)(=O)c1cc(F)c(Cl)c(CO)c1. The molecular formula is C12H17ClFNO3S. The predicted octanol–water partition coefficient (Wildman–Crippen LogP) is 2.39. The van der Waals surface area contributed by atoms with Crippen molar-refractivity contribution >= 4 is 21.6 Å². The van der Waals surface area contributed by atoms with Gasteiger partial charge in [0.1, 0.15) is 5.82 Å². The van der Waals surface area contributed by atoms with E-state index in [1.807, 2.05) is 6.92 Å². The molecule has 0 saturated carbocycles. The van der Waals surface area contributed by atoms with E-state index >= 15 is 0 Å². The van der Waals surface area contributed by atoms with Gasteiger partial charge in [-0.2, -0.15) is 4.31 Å². The summed E-state index contributed by atoms with van der Waals surface area (Å²) in [6.07, 6.45) is 0.638. The van der Waals surface area contributed by atoms with Gasteiger partial charge >= 0.3 is 0 Å². The fourth-order valence-electron chi connectivity index (χ4n) is 1.54. The van der Waals surface area contributed by atoms with Crippen molar-refractivity contribution in [1.82, 2.24) is 4.31 Å². The standard InChI is InChI=1S/C12H17ClFNO3S/c1-4-8(2)15(3)19(17,18)10-5-9(7-16)12(13)11(14)6-10/h5-6,8,16H,4,7H2,1-3H3. The van der Waals surface area contributed by atoms with Crippen LogP contribution in [-0.4, -0.2) is 30.9 Å². The van der Waals surface area contributed by atoms with Gasteiger partial charge in [0.15, 0.2) is 0 Å². The second-order valence-electron chi connectivity index (χ2n) is 4.31. The Morgan fingerprint density at radius 3 is 2.53 bits per heavy atom. The smallest absolute Gasteiger partial charge is 0.243 e. The fourth-order valence-corrected chi connectivity index (χ4v) is 3.21. The number of hydrogen-bond acceptors (Lipinski definition) is 3. The van der Waals surface area contributed by atoms with Crippen molar-refractivity contribution in [3.8, 4) is 0 Å². The van der Waals surface area contributed by atoms with E-state index in [1.165, 1.54) is 17.4 Å². The lowest BCUT2D eigenvalue weighted by Crippen LogP contribution is -2.34. The van der Waals surface area contributed by atoms with Gasteiger partial charge in [0.2, 0.25) is 10.0 Å². The maximum atomic E-state index is 13.6. The Morgan fingerprint density at radius 1 is 1.47 bits per heavy atom. The van der Waals surface area contributed by atoms with Crippen molar-refractivity contribution in [1.29, 1.82) is 0 Å². The van der Waals surface area contributed by atoms with Crippen molar-refractivity contribution in [3.63, 3.8) is 0 Å². The molecule has 0 radical (unpaired) electrons. The van der Waals surface area contributed by atoms with Gasteiger partial charge in [0.25, 0.3) is 0 Å². The Hall–Kier alpha value is -0.690. The summed E-state index contributed by atoms with van der Waals surface area (Å²) in [5.41, 5.74) is 0.0535. The van der Waals surface area contributed by atoms with E-state index in [-0.39, 0.29) is 21.5 Å². The zero-order valence-electron chi connectivity index (χ0n) is 11.0. The molecule has 1 atom stereocenters. The van der Waals surface area contributed by atoms with Gasteiger partial charge in [-0.1, -0.05) is 18.5 Å². The summed E-state index contributed by atoms with van der Waals surface area (Å²) in [6.45, 7) is 3.10. The molecule has 0 saturated heterocycles. The van der Waals surface area contributed by atoms with Crippen LogP contribution in [0.15, 0.2) is 17.0 Å². The number of rotatable bonds is 5. The minimum absolute atomic E-state index is 0.0535. The third kappa shape index (κ3) is 3.25. The minimum Gasteiger partial charge on any atom is -0.392 e. The number of aliphatic hydroxyl groups excluding tert-OH is 1. The van der Waals surface area contributed by atoms with Crippen LogP contribution >= 0.6 is 11.6 Å². The fraction of sp³-hybridized carbons (Fsp3) is 0.500. The van der Waals surface area contributed by atoms with E-state index in [0.29, 0.717) is 6.42 Å². The summed E-state index contributed by atoms with van der Waals surface area (Å²) < 4.78 is 39.4. The Labute approximate surface area is 117 Å². The molecule has 0 bridgehead atoms. The molecule has 0 fully saturated rings. The summed E-state index contributed by atoms with van der Waals surface area (Å²) in [5.74, 6) is -0.857. The van der Waals surface area contributed by atoms with E-state index in [0.717, 1.165) is 6.07 Å². The van der Waals surface area contributed by atoms with Crippen molar-refractivity contribution < 1.29 is 17.9 Å². The average molecular weight is 310 g/mol. The highest BCUT2D eigenvalue weighted by Gasteiger charge is 2.26. The van der Waals surface area contributed by atoms with Crippen LogP contribution < -0.4 is 0 Å². The lowest BCUT2D eigenvalue weighted by molar-refractivity contribution is 0.281. The average Bonchev–Trinajstić information content (AvgIpc) is 2.39. The van der Waals surface area contributed by atoms with Crippen LogP contribution in [0, 0.1) is 5.82 Å². The highest BCUT2D eigenvalue weighted by molar-refractivity contribution is 7.89. The Bertz CT molecular complexity index is 562. The molecule has 0 aliphatic heterocycles. The molecule has 1 aromatic carbocycles. The number of benzene rings is 1. The molecule has 1 unspecified atom stereocenters. The minimum atomic E-state index is -3.80. The highest BCUT2D eigenvalue weighted by atomic mass is 35.5. The van der Waals surface area contributed by atoms with Crippen LogP contribution in [0.1, 0.15) is 25.8 Å². The summed E-state index contributed by atoms with van der Waals surface area (Å²) in [4.78, 5) is -0.207. The number of nitrogens with zero attached hydrogens (tertiary/aromatic N) is 1. The first-order valence-electron chi connectivity index (χ1n) is 5.82.